The number of carbonyl (C=O) groups is 2. The van der Waals surface area contributed by atoms with Gasteiger partial charge in [0.25, 0.3) is 0 Å². The van der Waals surface area contributed by atoms with Crippen LogP contribution in [-0.4, -0.2) is 31.2 Å². The zero-order valence-electron chi connectivity index (χ0n) is 8.69. The molecule has 0 unspecified atom stereocenters. The summed E-state index contributed by atoms with van der Waals surface area (Å²) in [6.07, 6.45) is 0. The molecule has 1 aliphatic heterocycles. The van der Waals surface area contributed by atoms with Gasteiger partial charge in [0.1, 0.15) is 6.54 Å². The molecule has 0 fully saturated rings. The van der Waals surface area contributed by atoms with E-state index in [0.29, 0.717) is 5.56 Å². The third kappa shape index (κ3) is 1.79. The van der Waals surface area contributed by atoms with E-state index in [0.717, 1.165) is 5.69 Å². The Hall–Kier alpha value is -2.17. The fourth-order valence-electron chi connectivity index (χ4n) is 1.42. The van der Waals surface area contributed by atoms with Gasteiger partial charge in [0.15, 0.2) is 5.84 Å². The van der Waals surface area contributed by atoms with E-state index in [9.17, 15) is 9.59 Å². The number of esters is 1. The first-order valence-electron chi connectivity index (χ1n) is 4.74. The highest BCUT2D eigenvalue weighted by Crippen LogP contribution is 2.22. The number of aliphatic imine (C=N–C) groups is 1. The Kier molecular flexibility index (Phi) is 2.68. The van der Waals surface area contributed by atoms with E-state index in [2.05, 4.69) is 15.0 Å². The van der Waals surface area contributed by atoms with Crippen molar-refractivity contribution in [2.75, 3.05) is 19.0 Å². The Morgan fingerprint density at radius 3 is 2.88 bits per heavy atom. The molecule has 1 aliphatic rings. The van der Waals surface area contributed by atoms with Gasteiger partial charge in [-0.15, -0.1) is 0 Å². The minimum absolute atomic E-state index is 0.154. The molecule has 0 aliphatic carbocycles. The maximum atomic E-state index is 11.8. The number of para-hydroxylation sites is 1. The molecular formula is C11H10N2O3. The van der Waals surface area contributed by atoms with E-state index in [1.54, 1.807) is 18.2 Å². The summed E-state index contributed by atoms with van der Waals surface area (Å²) in [5, 5.41) is 2.86. The molecule has 2 rings (SSSR count). The van der Waals surface area contributed by atoms with Gasteiger partial charge in [-0.05, 0) is 12.1 Å². The van der Waals surface area contributed by atoms with Crippen molar-refractivity contribution >= 4 is 23.3 Å². The standard InChI is InChI=1S/C11H10N2O3/c1-16-9(14)6-12-11-10(15)7-4-2-3-5-8(7)13-11/h2-5H,6H2,1H3,(H,12,13,15). The lowest BCUT2D eigenvalue weighted by atomic mass is 10.1. The molecule has 0 bridgehead atoms. The van der Waals surface area contributed by atoms with Crippen molar-refractivity contribution in [3.63, 3.8) is 0 Å². The summed E-state index contributed by atoms with van der Waals surface area (Å²) < 4.78 is 4.44. The van der Waals surface area contributed by atoms with Crippen LogP contribution < -0.4 is 5.32 Å². The number of nitrogens with one attached hydrogen (secondary N) is 1. The van der Waals surface area contributed by atoms with E-state index in [4.69, 9.17) is 0 Å². The average Bonchev–Trinajstić information content (AvgIpc) is 2.64. The number of hydrogen-bond acceptors (Lipinski definition) is 4. The molecular weight excluding hydrogens is 208 g/mol. The average molecular weight is 218 g/mol. The van der Waals surface area contributed by atoms with Crippen LogP contribution in [0.2, 0.25) is 0 Å². The lowest BCUT2D eigenvalue weighted by molar-refractivity contribution is -0.138. The fraction of sp³-hybridized carbons (Fsp3) is 0.182. The number of methoxy groups -OCH3 is 1. The number of nitrogens with zero attached hydrogens (tertiary/aromatic N) is 1. The van der Waals surface area contributed by atoms with Gasteiger partial charge < -0.3 is 10.1 Å². The van der Waals surface area contributed by atoms with Crippen molar-refractivity contribution in [1.29, 1.82) is 0 Å². The summed E-state index contributed by atoms with van der Waals surface area (Å²) in [5.41, 5.74) is 1.29. The highest BCUT2D eigenvalue weighted by atomic mass is 16.5. The smallest absolute Gasteiger partial charge is 0.327 e. The molecule has 0 saturated carbocycles. The first-order chi connectivity index (χ1) is 7.72. The van der Waals surface area contributed by atoms with Gasteiger partial charge in [0.2, 0.25) is 5.78 Å². The number of amidine groups is 1. The number of rotatable bonds is 2. The van der Waals surface area contributed by atoms with Crippen LogP contribution in [0, 0.1) is 0 Å². The van der Waals surface area contributed by atoms with Crippen LogP contribution >= 0.6 is 0 Å². The first kappa shape index (κ1) is 10.4. The summed E-state index contributed by atoms with van der Waals surface area (Å²) in [6.45, 7) is -0.154. The molecule has 82 valence electrons. The summed E-state index contributed by atoms with van der Waals surface area (Å²) in [6, 6.07) is 7.10. The Labute approximate surface area is 92.1 Å². The molecule has 0 radical (unpaired) electrons. The number of Topliss-reactive ketones (excluding diaryl/α,β-unsaturated/α-hetero) is 1. The van der Waals surface area contributed by atoms with E-state index in [-0.39, 0.29) is 18.2 Å². The molecule has 16 heavy (non-hydrogen) atoms. The fourth-order valence-corrected chi connectivity index (χ4v) is 1.42. The van der Waals surface area contributed by atoms with Gasteiger partial charge in [-0.2, -0.15) is 0 Å². The summed E-state index contributed by atoms with van der Waals surface area (Å²) in [4.78, 5) is 26.5. The quantitative estimate of drug-likeness (QED) is 0.748. The highest BCUT2D eigenvalue weighted by molar-refractivity contribution is 6.53. The van der Waals surface area contributed by atoms with E-state index in [1.165, 1.54) is 7.11 Å². The molecule has 1 N–H and O–H groups in total. The van der Waals surface area contributed by atoms with E-state index >= 15 is 0 Å². The van der Waals surface area contributed by atoms with Crippen LogP contribution in [0.3, 0.4) is 0 Å². The molecule has 0 amide bonds. The van der Waals surface area contributed by atoms with Crippen molar-refractivity contribution in [2.24, 2.45) is 4.99 Å². The van der Waals surface area contributed by atoms with Crippen molar-refractivity contribution in [1.82, 2.24) is 0 Å². The minimum Gasteiger partial charge on any atom is -0.468 e. The van der Waals surface area contributed by atoms with Crippen LogP contribution in [0.1, 0.15) is 10.4 Å². The van der Waals surface area contributed by atoms with Crippen LogP contribution in [0.5, 0.6) is 0 Å². The molecule has 5 heteroatoms. The number of ether oxygens (including phenoxy) is 1. The number of fused-ring (bicyclic) bond motifs is 1. The lowest BCUT2D eigenvalue weighted by Crippen LogP contribution is -2.17. The Morgan fingerprint density at radius 1 is 1.44 bits per heavy atom. The zero-order chi connectivity index (χ0) is 11.5. The third-order valence-electron chi connectivity index (χ3n) is 2.23. The highest BCUT2D eigenvalue weighted by Gasteiger charge is 2.25. The van der Waals surface area contributed by atoms with Gasteiger partial charge in [-0.3, -0.25) is 14.6 Å². The zero-order valence-corrected chi connectivity index (χ0v) is 8.69. The lowest BCUT2D eigenvalue weighted by Gasteiger charge is -1.97. The number of anilines is 1. The molecule has 1 aromatic carbocycles. The van der Waals surface area contributed by atoms with E-state index in [1.807, 2.05) is 6.07 Å². The van der Waals surface area contributed by atoms with Crippen molar-refractivity contribution < 1.29 is 14.3 Å². The molecule has 1 heterocycles. The topological polar surface area (TPSA) is 67.8 Å². The predicted octanol–water partition coefficient (Wildman–Crippen LogP) is 0.866. The van der Waals surface area contributed by atoms with Crippen molar-refractivity contribution in [3.8, 4) is 0 Å². The van der Waals surface area contributed by atoms with Crippen LogP contribution in [0.4, 0.5) is 5.69 Å². The van der Waals surface area contributed by atoms with E-state index < -0.39 is 5.97 Å². The summed E-state index contributed by atoms with van der Waals surface area (Å²) >= 11 is 0. The molecule has 0 saturated heterocycles. The van der Waals surface area contributed by atoms with Gasteiger partial charge in [0, 0.05) is 5.56 Å². The SMILES string of the molecule is COC(=O)CN=C1Nc2ccccc2C1=O. The number of ketones is 1. The Balaban J connectivity index is 2.19. The predicted molar refractivity (Wildman–Crippen MR) is 58.7 cm³/mol. The second-order valence-corrected chi connectivity index (χ2v) is 3.24. The second kappa shape index (κ2) is 4.14. The Bertz CT molecular complexity index is 480. The van der Waals surface area contributed by atoms with Gasteiger partial charge in [-0.1, -0.05) is 12.1 Å². The molecule has 0 aromatic heterocycles. The second-order valence-electron chi connectivity index (χ2n) is 3.24. The summed E-state index contributed by atoms with van der Waals surface area (Å²) in [7, 11) is 1.28. The minimum atomic E-state index is -0.474. The molecule has 5 nitrogen and oxygen atoms in total. The molecule has 1 aromatic rings. The van der Waals surface area contributed by atoms with Gasteiger partial charge in [-0.25, -0.2) is 0 Å². The van der Waals surface area contributed by atoms with Crippen molar-refractivity contribution in [3.05, 3.63) is 29.8 Å². The third-order valence-corrected chi connectivity index (χ3v) is 2.23. The van der Waals surface area contributed by atoms with Crippen LogP contribution in [0.25, 0.3) is 0 Å². The molecule has 0 spiro atoms. The maximum absolute atomic E-state index is 11.8. The maximum Gasteiger partial charge on any atom is 0.327 e. The number of carbonyl (C=O) groups excluding carboxylic acids is 2. The number of benzene rings is 1. The Morgan fingerprint density at radius 2 is 2.19 bits per heavy atom. The largest absolute Gasteiger partial charge is 0.468 e. The van der Waals surface area contributed by atoms with Crippen LogP contribution in [0.15, 0.2) is 29.3 Å². The van der Waals surface area contributed by atoms with Crippen molar-refractivity contribution in [2.45, 2.75) is 0 Å². The number of hydrogen-bond donors (Lipinski definition) is 1. The first-order valence-corrected chi connectivity index (χ1v) is 4.74. The normalized spacial score (nSPS) is 15.8. The summed E-state index contributed by atoms with van der Waals surface area (Å²) in [5.74, 6) is -0.482. The monoisotopic (exact) mass is 218 g/mol. The van der Waals surface area contributed by atoms with Crippen LogP contribution in [-0.2, 0) is 9.53 Å². The molecule has 0 atom stereocenters. The van der Waals surface area contributed by atoms with Gasteiger partial charge in [0.05, 0.1) is 12.8 Å². The van der Waals surface area contributed by atoms with Gasteiger partial charge >= 0.3 is 5.97 Å².